The number of amides is 1. The number of carbonyl (C=O) groups is 1. The molecule has 0 aromatic carbocycles. The standard InChI is InChI=1S/C15H13FN6O/c1-22-9-12(19-11-3-2-6-17-8-11)14(21-22)15(23)20-13-5-4-10(16)7-18-13/h2-9,19H,1H3,(H,18,20,23). The van der Waals surface area contributed by atoms with Crippen molar-refractivity contribution in [1.29, 1.82) is 0 Å². The van der Waals surface area contributed by atoms with Gasteiger partial charge in [-0.05, 0) is 24.3 Å². The van der Waals surface area contributed by atoms with Crippen LogP contribution >= 0.6 is 0 Å². The van der Waals surface area contributed by atoms with Crippen LogP contribution in [0.3, 0.4) is 0 Å². The van der Waals surface area contributed by atoms with Crippen LogP contribution in [-0.4, -0.2) is 25.7 Å². The topological polar surface area (TPSA) is 84.7 Å². The first kappa shape index (κ1) is 14.6. The molecule has 2 N–H and O–H groups in total. The lowest BCUT2D eigenvalue weighted by Crippen LogP contribution is -2.15. The zero-order chi connectivity index (χ0) is 16.2. The van der Waals surface area contributed by atoms with E-state index in [1.807, 2.05) is 6.07 Å². The number of aromatic nitrogens is 4. The van der Waals surface area contributed by atoms with E-state index in [9.17, 15) is 9.18 Å². The van der Waals surface area contributed by atoms with Crippen molar-refractivity contribution in [3.05, 3.63) is 60.6 Å². The minimum atomic E-state index is -0.472. The number of anilines is 3. The lowest BCUT2D eigenvalue weighted by Gasteiger charge is -2.06. The van der Waals surface area contributed by atoms with Gasteiger partial charge in [-0.3, -0.25) is 14.5 Å². The van der Waals surface area contributed by atoms with Gasteiger partial charge in [0.15, 0.2) is 5.69 Å². The largest absolute Gasteiger partial charge is 0.351 e. The summed E-state index contributed by atoms with van der Waals surface area (Å²) in [7, 11) is 1.71. The SMILES string of the molecule is Cn1cc(Nc2cccnc2)c(C(=O)Nc2ccc(F)cn2)n1. The van der Waals surface area contributed by atoms with E-state index in [1.165, 1.54) is 16.8 Å². The lowest BCUT2D eigenvalue weighted by molar-refractivity contribution is 0.102. The summed E-state index contributed by atoms with van der Waals surface area (Å²) in [5.74, 6) is -0.676. The molecule has 0 fully saturated rings. The molecule has 0 saturated carbocycles. The summed E-state index contributed by atoms with van der Waals surface area (Å²) in [6.07, 6.45) is 6.00. The number of carbonyl (C=O) groups excluding carboxylic acids is 1. The quantitative estimate of drug-likeness (QED) is 0.772. The summed E-state index contributed by atoms with van der Waals surface area (Å²) in [6, 6.07) is 6.20. The summed E-state index contributed by atoms with van der Waals surface area (Å²) in [5, 5.41) is 9.80. The number of rotatable bonds is 4. The first-order valence-electron chi connectivity index (χ1n) is 6.75. The van der Waals surface area contributed by atoms with Gasteiger partial charge in [0, 0.05) is 19.4 Å². The Balaban J connectivity index is 1.81. The second-order valence-corrected chi connectivity index (χ2v) is 4.75. The molecule has 116 valence electrons. The molecular weight excluding hydrogens is 299 g/mol. The Morgan fingerprint density at radius 1 is 1.26 bits per heavy atom. The molecule has 3 rings (SSSR count). The van der Waals surface area contributed by atoms with Crippen LogP contribution in [0.2, 0.25) is 0 Å². The molecule has 0 bridgehead atoms. The maximum absolute atomic E-state index is 12.8. The van der Waals surface area contributed by atoms with Gasteiger partial charge in [-0.2, -0.15) is 5.10 Å². The van der Waals surface area contributed by atoms with E-state index in [4.69, 9.17) is 0 Å². The van der Waals surface area contributed by atoms with E-state index >= 15 is 0 Å². The zero-order valence-corrected chi connectivity index (χ0v) is 12.2. The van der Waals surface area contributed by atoms with E-state index in [1.54, 1.807) is 31.7 Å². The fourth-order valence-electron chi connectivity index (χ4n) is 1.97. The van der Waals surface area contributed by atoms with Gasteiger partial charge in [0.05, 0.1) is 23.8 Å². The molecule has 3 aromatic rings. The molecule has 8 heteroatoms. The molecule has 3 aromatic heterocycles. The van der Waals surface area contributed by atoms with Crippen LogP contribution in [0.1, 0.15) is 10.5 Å². The highest BCUT2D eigenvalue weighted by molar-refractivity contribution is 6.06. The Morgan fingerprint density at radius 2 is 2.13 bits per heavy atom. The van der Waals surface area contributed by atoms with E-state index in [2.05, 4.69) is 25.7 Å². The maximum Gasteiger partial charge on any atom is 0.279 e. The van der Waals surface area contributed by atoms with Crippen molar-refractivity contribution in [1.82, 2.24) is 19.7 Å². The summed E-state index contributed by atoms with van der Waals surface area (Å²) in [6.45, 7) is 0. The molecular formula is C15H13FN6O. The molecule has 1 amide bonds. The molecule has 0 aliphatic rings. The van der Waals surface area contributed by atoms with Crippen LogP contribution in [0, 0.1) is 5.82 Å². The molecule has 0 atom stereocenters. The van der Waals surface area contributed by atoms with Crippen molar-refractivity contribution < 1.29 is 9.18 Å². The second kappa shape index (κ2) is 6.22. The van der Waals surface area contributed by atoms with Gasteiger partial charge in [0.2, 0.25) is 0 Å². The average Bonchev–Trinajstić information content (AvgIpc) is 2.91. The fourth-order valence-corrected chi connectivity index (χ4v) is 1.97. The minimum absolute atomic E-state index is 0.197. The molecule has 23 heavy (non-hydrogen) atoms. The number of nitrogens with one attached hydrogen (secondary N) is 2. The monoisotopic (exact) mass is 312 g/mol. The van der Waals surface area contributed by atoms with Crippen molar-refractivity contribution in [3.8, 4) is 0 Å². The van der Waals surface area contributed by atoms with Crippen LogP contribution in [0.25, 0.3) is 0 Å². The first-order valence-corrected chi connectivity index (χ1v) is 6.75. The summed E-state index contributed by atoms with van der Waals surface area (Å²) in [4.78, 5) is 20.1. The molecule has 7 nitrogen and oxygen atoms in total. The van der Waals surface area contributed by atoms with Crippen LogP contribution in [0.4, 0.5) is 21.6 Å². The van der Waals surface area contributed by atoms with Crippen LogP contribution in [0.5, 0.6) is 0 Å². The number of hydrogen-bond donors (Lipinski definition) is 2. The van der Waals surface area contributed by atoms with E-state index in [0.717, 1.165) is 11.9 Å². The van der Waals surface area contributed by atoms with Gasteiger partial charge >= 0.3 is 0 Å². The third kappa shape index (κ3) is 3.49. The lowest BCUT2D eigenvalue weighted by atomic mass is 10.3. The van der Waals surface area contributed by atoms with Crippen molar-refractivity contribution in [3.63, 3.8) is 0 Å². The van der Waals surface area contributed by atoms with Crippen molar-refractivity contribution in [2.24, 2.45) is 7.05 Å². The normalized spacial score (nSPS) is 10.3. The molecule has 0 radical (unpaired) electrons. The van der Waals surface area contributed by atoms with E-state index in [-0.39, 0.29) is 11.5 Å². The average molecular weight is 312 g/mol. The van der Waals surface area contributed by atoms with Gasteiger partial charge < -0.3 is 10.6 Å². The van der Waals surface area contributed by atoms with Gasteiger partial charge in [-0.15, -0.1) is 0 Å². The molecule has 3 heterocycles. The molecule has 0 aliphatic heterocycles. The number of aryl methyl sites for hydroxylation is 1. The number of hydrogen-bond acceptors (Lipinski definition) is 5. The number of nitrogens with zero attached hydrogens (tertiary/aromatic N) is 4. The van der Waals surface area contributed by atoms with Gasteiger partial charge in [0.25, 0.3) is 5.91 Å². The smallest absolute Gasteiger partial charge is 0.279 e. The minimum Gasteiger partial charge on any atom is -0.351 e. The Kier molecular flexibility index (Phi) is 3.96. The molecule has 0 unspecified atom stereocenters. The van der Waals surface area contributed by atoms with Gasteiger partial charge in [-0.25, -0.2) is 9.37 Å². The van der Waals surface area contributed by atoms with Crippen molar-refractivity contribution in [2.75, 3.05) is 10.6 Å². The summed E-state index contributed by atoms with van der Waals surface area (Å²) < 4.78 is 14.4. The van der Waals surface area contributed by atoms with Crippen LogP contribution in [-0.2, 0) is 7.05 Å². The number of halogens is 1. The molecule has 0 saturated heterocycles. The second-order valence-electron chi connectivity index (χ2n) is 4.75. The van der Waals surface area contributed by atoms with E-state index < -0.39 is 11.7 Å². The van der Waals surface area contributed by atoms with Crippen LogP contribution in [0.15, 0.2) is 49.1 Å². The maximum atomic E-state index is 12.8. The molecule has 0 aliphatic carbocycles. The fraction of sp³-hybridized carbons (Fsp3) is 0.0667. The first-order chi connectivity index (χ1) is 11.1. The Bertz CT molecular complexity index is 816. The van der Waals surface area contributed by atoms with E-state index in [0.29, 0.717) is 5.69 Å². The Morgan fingerprint density at radius 3 is 2.83 bits per heavy atom. The predicted octanol–water partition coefficient (Wildman–Crippen LogP) is 2.35. The highest BCUT2D eigenvalue weighted by Crippen LogP contribution is 2.20. The van der Waals surface area contributed by atoms with Gasteiger partial charge in [-0.1, -0.05) is 0 Å². The van der Waals surface area contributed by atoms with Crippen LogP contribution < -0.4 is 10.6 Å². The third-order valence-corrected chi connectivity index (χ3v) is 2.95. The summed E-state index contributed by atoms with van der Waals surface area (Å²) >= 11 is 0. The highest BCUT2D eigenvalue weighted by atomic mass is 19.1. The third-order valence-electron chi connectivity index (χ3n) is 2.95. The Hall–Kier alpha value is -3.29. The molecule has 0 spiro atoms. The highest BCUT2D eigenvalue weighted by Gasteiger charge is 2.17. The van der Waals surface area contributed by atoms with Crippen molar-refractivity contribution in [2.45, 2.75) is 0 Å². The van der Waals surface area contributed by atoms with Crippen molar-refractivity contribution >= 4 is 23.1 Å². The number of pyridine rings is 2. The Labute approximate surface area is 131 Å². The predicted molar refractivity (Wildman–Crippen MR) is 82.9 cm³/mol. The summed E-state index contributed by atoms with van der Waals surface area (Å²) in [5.41, 5.74) is 1.46. The zero-order valence-electron chi connectivity index (χ0n) is 12.2. The van der Waals surface area contributed by atoms with Gasteiger partial charge in [0.1, 0.15) is 11.6 Å².